The van der Waals surface area contributed by atoms with Crippen LogP contribution in [0, 0.1) is 0 Å². The van der Waals surface area contributed by atoms with Crippen molar-refractivity contribution in [3.63, 3.8) is 0 Å². The molecule has 3 rings (SSSR count). The number of rotatable bonds is 2. The normalized spacial score (nSPS) is 12.4. The fraction of sp³-hybridized carbons (Fsp3) is 0.438. The molecule has 0 spiro atoms. The van der Waals surface area contributed by atoms with Crippen molar-refractivity contribution in [1.29, 1.82) is 0 Å². The van der Waals surface area contributed by atoms with Gasteiger partial charge in [0.2, 0.25) is 0 Å². The van der Waals surface area contributed by atoms with Crippen LogP contribution >= 0.6 is 0 Å². The van der Waals surface area contributed by atoms with E-state index in [9.17, 15) is 0 Å². The largest absolute Gasteiger partial charge is 0.356 e. The predicted molar refractivity (Wildman–Crippen MR) is 80.7 cm³/mol. The summed E-state index contributed by atoms with van der Waals surface area (Å²) in [5.41, 5.74) is 4.79. The van der Waals surface area contributed by atoms with Crippen molar-refractivity contribution in [3.8, 4) is 0 Å². The number of benzene rings is 1. The molecule has 3 aromatic rings. The third-order valence-electron chi connectivity index (χ3n) is 3.82. The molecule has 0 aliphatic carbocycles. The highest BCUT2D eigenvalue weighted by molar-refractivity contribution is 6.02. The highest BCUT2D eigenvalue weighted by atomic mass is 15.1. The number of aromatic amines is 1. The van der Waals surface area contributed by atoms with E-state index in [1.54, 1.807) is 0 Å². The van der Waals surface area contributed by atoms with Gasteiger partial charge in [-0.1, -0.05) is 33.8 Å². The molecule has 0 unspecified atom stereocenters. The second-order valence-electron chi connectivity index (χ2n) is 5.96. The number of nitrogens with one attached hydrogen (secondary N) is 1. The van der Waals surface area contributed by atoms with Gasteiger partial charge in [0.1, 0.15) is 5.82 Å². The second-order valence-corrected chi connectivity index (χ2v) is 5.96. The van der Waals surface area contributed by atoms with Crippen LogP contribution in [0.4, 0.5) is 0 Å². The average molecular weight is 255 g/mol. The molecule has 0 aliphatic rings. The molecular formula is C16H21N3. The van der Waals surface area contributed by atoms with Gasteiger partial charge in [0.05, 0.1) is 16.6 Å². The zero-order chi connectivity index (χ0) is 13.7. The summed E-state index contributed by atoms with van der Waals surface area (Å²) in [6.07, 6.45) is 0. The second kappa shape index (κ2) is 4.12. The van der Waals surface area contributed by atoms with E-state index in [1.165, 1.54) is 22.1 Å². The first-order chi connectivity index (χ1) is 8.99. The van der Waals surface area contributed by atoms with E-state index < -0.39 is 0 Å². The number of imidazole rings is 1. The summed E-state index contributed by atoms with van der Waals surface area (Å²) in [6.45, 7) is 8.80. The Balaban J connectivity index is 2.38. The SMILES string of the molecule is CC(C)c1cc2ccc3nc(C(C)C)n(C)c3c2[nH]1. The van der Waals surface area contributed by atoms with E-state index in [1.807, 2.05) is 0 Å². The lowest BCUT2D eigenvalue weighted by molar-refractivity contribution is 0.723. The van der Waals surface area contributed by atoms with Crippen LogP contribution in [-0.4, -0.2) is 14.5 Å². The quantitative estimate of drug-likeness (QED) is 0.727. The molecule has 3 nitrogen and oxygen atoms in total. The molecule has 0 saturated carbocycles. The van der Waals surface area contributed by atoms with Crippen LogP contribution in [0.25, 0.3) is 21.9 Å². The third kappa shape index (κ3) is 1.76. The predicted octanol–water partition coefficient (Wildman–Crippen LogP) is 4.30. The molecule has 0 fully saturated rings. The first-order valence-electron chi connectivity index (χ1n) is 6.97. The highest BCUT2D eigenvalue weighted by Crippen LogP contribution is 2.29. The molecule has 100 valence electrons. The van der Waals surface area contributed by atoms with Crippen molar-refractivity contribution in [2.45, 2.75) is 39.5 Å². The first kappa shape index (κ1) is 12.3. The lowest BCUT2D eigenvalue weighted by Crippen LogP contribution is -1.99. The van der Waals surface area contributed by atoms with Gasteiger partial charge >= 0.3 is 0 Å². The summed E-state index contributed by atoms with van der Waals surface area (Å²) >= 11 is 0. The molecule has 0 radical (unpaired) electrons. The van der Waals surface area contributed by atoms with E-state index in [0.29, 0.717) is 11.8 Å². The molecule has 0 amide bonds. The number of fused-ring (bicyclic) bond motifs is 3. The minimum Gasteiger partial charge on any atom is -0.356 e. The van der Waals surface area contributed by atoms with Gasteiger partial charge in [0.25, 0.3) is 0 Å². The smallest absolute Gasteiger partial charge is 0.112 e. The topological polar surface area (TPSA) is 33.6 Å². The van der Waals surface area contributed by atoms with Crippen LogP contribution in [0.5, 0.6) is 0 Å². The first-order valence-corrected chi connectivity index (χ1v) is 6.97. The minimum atomic E-state index is 0.437. The Hall–Kier alpha value is -1.77. The van der Waals surface area contributed by atoms with Crippen molar-refractivity contribution in [2.75, 3.05) is 0 Å². The molecule has 3 heteroatoms. The Morgan fingerprint density at radius 2 is 1.84 bits per heavy atom. The lowest BCUT2D eigenvalue weighted by atomic mass is 10.1. The molecule has 0 saturated heterocycles. The van der Waals surface area contributed by atoms with Crippen molar-refractivity contribution < 1.29 is 0 Å². The summed E-state index contributed by atoms with van der Waals surface area (Å²) in [4.78, 5) is 8.33. The zero-order valence-electron chi connectivity index (χ0n) is 12.3. The van der Waals surface area contributed by atoms with Gasteiger partial charge in [-0.25, -0.2) is 4.98 Å². The maximum Gasteiger partial charge on any atom is 0.112 e. The van der Waals surface area contributed by atoms with Gasteiger partial charge in [-0.2, -0.15) is 0 Å². The molecule has 0 atom stereocenters. The molecule has 0 bridgehead atoms. The molecular weight excluding hydrogens is 234 g/mol. The zero-order valence-corrected chi connectivity index (χ0v) is 12.3. The maximum absolute atomic E-state index is 4.76. The molecule has 1 N–H and O–H groups in total. The molecule has 2 heterocycles. The summed E-state index contributed by atoms with van der Waals surface area (Å²) in [5.74, 6) is 2.09. The molecule has 19 heavy (non-hydrogen) atoms. The molecule has 2 aromatic heterocycles. The van der Waals surface area contributed by atoms with Gasteiger partial charge in [-0.05, 0) is 18.1 Å². The fourth-order valence-electron chi connectivity index (χ4n) is 2.77. The van der Waals surface area contributed by atoms with Gasteiger partial charge in [0, 0.05) is 24.0 Å². The van der Waals surface area contributed by atoms with E-state index in [-0.39, 0.29) is 0 Å². The number of hydrogen-bond donors (Lipinski definition) is 1. The van der Waals surface area contributed by atoms with E-state index >= 15 is 0 Å². The monoisotopic (exact) mass is 255 g/mol. The third-order valence-corrected chi connectivity index (χ3v) is 3.82. The van der Waals surface area contributed by atoms with E-state index in [4.69, 9.17) is 4.98 Å². The number of hydrogen-bond acceptors (Lipinski definition) is 1. The van der Waals surface area contributed by atoms with Gasteiger partial charge in [-0.3, -0.25) is 0 Å². The average Bonchev–Trinajstić information content (AvgIpc) is 2.89. The van der Waals surface area contributed by atoms with Crippen LogP contribution < -0.4 is 0 Å². The summed E-state index contributed by atoms with van der Waals surface area (Å²) in [5, 5.41) is 1.27. The Morgan fingerprint density at radius 1 is 1.11 bits per heavy atom. The number of aryl methyl sites for hydroxylation is 1. The van der Waals surface area contributed by atoms with Crippen molar-refractivity contribution >= 4 is 21.9 Å². The summed E-state index contributed by atoms with van der Waals surface area (Å²) in [7, 11) is 2.11. The Labute approximate surface area is 113 Å². The number of nitrogens with zero attached hydrogens (tertiary/aromatic N) is 2. The van der Waals surface area contributed by atoms with Crippen LogP contribution in [0.15, 0.2) is 18.2 Å². The van der Waals surface area contributed by atoms with Crippen LogP contribution in [0.2, 0.25) is 0 Å². The van der Waals surface area contributed by atoms with Gasteiger partial charge in [-0.15, -0.1) is 0 Å². The van der Waals surface area contributed by atoms with E-state index in [2.05, 4.69) is 62.5 Å². The minimum absolute atomic E-state index is 0.437. The number of aromatic nitrogens is 3. The standard InChI is InChI=1S/C16H21N3/c1-9(2)13-8-11-6-7-12-15(14(11)17-13)19(5)16(18-12)10(3)4/h6-10,17H,1-5H3. The number of H-pyrrole nitrogens is 1. The summed E-state index contributed by atoms with van der Waals surface area (Å²) in [6, 6.07) is 6.54. The Bertz CT molecular complexity index is 744. The Morgan fingerprint density at radius 3 is 2.47 bits per heavy atom. The van der Waals surface area contributed by atoms with Gasteiger partial charge in [0.15, 0.2) is 0 Å². The van der Waals surface area contributed by atoms with Crippen molar-refractivity contribution in [1.82, 2.24) is 14.5 Å². The van der Waals surface area contributed by atoms with Crippen LogP contribution in [0.1, 0.15) is 51.0 Å². The van der Waals surface area contributed by atoms with E-state index in [0.717, 1.165) is 11.3 Å². The lowest BCUT2D eigenvalue weighted by Gasteiger charge is -2.05. The molecule has 0 aliphatic heterocycles. The molecule has 1 aromatic carbocycles. The van der Waals surface area contributed by atoms with Crippen LogP contribution in [0.3, 0.4) is 0 Å². The maximum atomic E-state index is 4.76. The van der Waals surface area contributed by atoms with Gasteiger partial charge < -0.3 is 9.55 Å². The van der Waals surface area contributed by atoms with Crippen molar-refractivity contribution in [3.05, 3.63) is 29.7 Å². The highest BCUT2D eigenvalue weighted by Gasteiger charge is 2.15. The fourth-order valence-corrected chi connectivity index (χ4v) is 2.77. The summed E-state index contributed by atoms with van der Waals surface area (Å²) < 4.78 is 2.23. The van der Waals surface area contributed by atoms with Crippen LogP contribution in [-0.2, 0) is 7.05 Å². The van der Waals surface area contributed by atoms with Crippen molar-refractivity contribution in [2.24, 2.45) is 7.05 Å². The Kier molecular flexibility index (Phi) is 2.66.